The predicted octanol–water partition coefficient (Wildman–Crippen LogP) is 4.26. The van der Waals surface area contributed by atoms with Crippen LogP contribution in [0.25, 0.3) is 0 Å². The highest BCUT2D eigenvalue weighted by molar-refractivity contribution is 7.13. The topological polar surface area (TPSA) is 37.3 Å². The molecule has 8 heteroatoms. The van der Waals surface area contributed by atoms with Gasteiger partial charge in [0.2, 0.25) is 5.13 Å². The van der Waals surface area contributed by atoms with E-state index in [1.807, 2.05) is 0 Å². The molecule has 0 aliphatic carbocycles. The Hall–Kier alpha value is -1.60. The molecule has 0 bridgehead atoms. The Balaban J connectivity index is 2.03. The molecule has 0 saturated carbocycles. The molecule has 0 aliphatic heterocycles. The third-order valence-corrected chi connectivity index (χ3v) is 3.15. The fourth-order valence-electron chi connectivity index (χ4n) is 1.19. The van der Waals surface area contributed by atoms with Gasteiger partial charge < -0.3 is 0 Å². The molecule has 1 aromatic heterocycles. The van der Waals surface area contributed by atoms with Crippen LogP contribution in [0.1, 0.15) is 11.3 Å². The number of hydrazone groups is 1. The van der Waals surface area contributed by atoms with Crippen molar-refractivity contribution in [1.82, 2.24) is 4.98 Å². The first-order valence-corrected chi connectivity index (χ1v) is 6.29. The molecule has 3 nitrogen and oxygen atoms in total. The van der Waals surface area contributed by atoms with Crippen LogP contribution in [0.5, 0.6) is 0 Å². The first-order chi connectivity index (χ1) is 8.97. The van der Waals surface area contributed by atoms with E-state index in [2.05, 4.69) is 15.5 Å². The Morgan fingerprint density at radius 3 is 2.68 bits per heavy atom. The van der Waals surface area contributed by atoms with Gasteiger partial charge >= 0.3 is 6.18 Å². The van der Waals surface area contributed by atoms with Gasteiger partial charge in [-0.3, -0.25) is 5.43 Å². The van der Waals surface area contributed by atoms with E-state index < -0.39 is 11.9 Å². The number of halogens is 4. The van der Waals surface area contributed by atoms with Gasteiger partial charge in [-0.15, -0.1) is 11.3 Å². The normalized spacial score (nSPS) is 12.0. The van der Waals surface area contributed by atoms with Crippen LogP contribution < -0.4 is 5.43 Å². The smallest absolute Gasteiger partial charge is 0.253 e. The minimum atomic E-state index is -4.44. The first kappa shape index (κ1) is 13.8. The summed E-state index contributed by atoms with van der Waals surface area (Å²) in [6.45, 7) is 0. The second-order valence-corrected chi connectivity index (χ2v) is 4.69. The van der Waals surface area contributed by atoms with E-state index >= 15 is 0 Å². The van der Waals surface area contributed by atoms with Gasteiger partial charge in [0, 0.05) is 16.0 Å². The molecule has 0 spiro atoms. The maximum atomic E-state index is 12.3. The molecule has 1 aromatic carbocycles. The molecular weight excluding hydrogens is 299 g/mol. The summed E-state index contributed by atoms with van der Waals surface area (Å²) in [6.07, 6.45) is -3.03. The lowest BCUT2D eigenvalue weighted by Gasteiger charge is -1.99. The molecule has 19 heavy (non-hydrogen) atoms. The SMILES string of the molecule is FC(F)(F)c1csc(N/N=C\c2ccccc2Cl)n1. The summed E-state index contributed by atoms with van der Waals surface area (Å²) in [5, 5.41) is 5.28. The van der Waals surface area contributed by atoms with Crippen LogP contribution in [0, 0.1) is 0 Å². The molecule has 0 saturated heterocycles. The molecular formula is C11H7ClF3N3S. The second-order valence-electron chi connectivity index (χ2n) is 3.43. The lowest BCUT2D eigenvalue weighted by molar-refractivity contribution is -0.140. The second kappa shape index (κ2) is 5.58. The van der Waals surface area contributed by atoms with Crippen LogP contribution in [0.15, 0.2) is 34.7 Å². The molecule has 0 atom stereocenters. The van der Waals surface area contributed by atoms with E-state index in [0.717, 1.165) is 16.7 Å². The first-order valence-electron chi connectivity index (χ1n) is 5.03. The van der Waals surface area contributed by atoms with Gasteiger partial charge in [0.1, 0.15) is 0 Å². The predicted molar refractivity (Wildman–Crippen MR) is 69.8 cm³/mol. The molecule has 1 N–H and O–H groups in total. The molecule has 2 rings (SSSR count). The molecule has 0 amide bonds. The summed E-state index contributed by atoms with van der Waals surface area (Å²) in [6, 6.07) is 6.96. The van der Waals surface area contributed by atoms with Crippen molar-refractivity contribution in [2.45, 2.75) is 6.18 Å². The zero-order valence-corrected chi connectivity index (χ0v) is 10.9. The maximum Gasteiger partial charge on any atom is 0.434 e. The lowest BCUT2D eigenvalue weighted by atomic mass is 10.2. The van der Waals surface area contributed by atoms with Gasteiger partial charge in [0.05, 0.1) is 6.21 Å². The molecule has 0 radical (unpaired) electrons. The molecule has 1 heterocycles. The highest BCUT2D eigenvalue weighted by Crippen LogP contribution is 2.31. The summed E-state index contributed by atoms with van der Waals surface area (Å²) in [5.41, 5.74) is 2.15. The van der Waals surface area contributed by atoms with Crippen molar-refractivity contribution in [3.05, 3.63) is 45.9 Å². The Bertz CT molecular complexity index is 595. The van der Waals surface area contributed by atoms with E-state index in [-0.39, 0.29) is 5.13 Å². The van der Waals surface area contributed by atoms with Gasteiger partial charge in [0.15, 0.2) is 5.69 Å². The third kappa shape index (κ3) is 3.68. The average molecular weight is 306 g/mol. The fourth-order valence-corrected chi connectivity index (χ4v) is 2.04. The maximum absolute atomic E-state index is 12.3. The van der Waals surface area contributed by atoms with Crippen LogP contribution in [0.2, 0.25) is 5.02 Å². The molecule has 0 unspecified atom stereocenters. The van der Waals surface area contributed by atoms with E-state index in [4.69, 9.17) is 11.6 Å². The van der Waals surface area contributed by atoms with Gasteiger partial charge in [-0.25, -0.2) is 4.98 Å². The number of anilines is 1. The highest BCUT2D eigenvalue weighted by Gasteiger charge is 2.33. The molecule has 100 valence electrons. The van der Waals surface area contributed by atoms with E-state index in [1.54, 1.807) is 24.3 Å². The Morgan fingerprint density at radius 1 is 1.32 bits per heavy atom. The summed E-state index contributed by atoms with van der Waals surface area (Å²) in [7, 11) is 0. The van der Waals surface area contributed by atoms with Crippen LogP contribution in [-0.2, 0) is 6.18 Å². The van der Waals surface area contributed by atoms with E-state index in [9.17, 15) is 13.2 Å². The van der Waals surface area contributed by atoms with Crippen LogP contribution >= 0.6 is 22.9 Å². The van der Waals surface area contributed by atoms with Crippen molar-refractivity contribution in [2.24, 2.45) is 5.10 Å². The van der Waals surface area contributed by atoms with E-state index in [1.165, 1.54) is 6.21 Å². The zero-order chi connectivity index (χ0) is 13.9. The van der Waals surface area contributed by atoms with Crippen molar-refractivity contribution in [3.8, 4) is 0 Å². The number of thiazole rings is 1. The van der Waals surface area contributed by atoms with Gasteiger partial charge in [-0.1, -0.05) is 29.8 Å². The van der Waals surface area contributed by atoms with Crippen molar-refractivity contribution in [1.29, 1.82) is 0 Å². The zero-order valence-electron chi connectivity index (χ0n) is 9.28. The Kier molecular flexibility index (Phi) is 4.06. The van der Waals surface area contributed by atoms with E-state index in [0.29, 0.717) is 10.6 Å². The van der Waals surface area contributed by atoms with Crippen LogP contribution in [0.3, 0.4) is 0 Å². The van der Waals surface area contributed by atoms with Crippen molar-refractivity contribution >= 4 is 34.3 Å². The van der Waals surface area contributed by atoms with Gasteiger partial charge in [-0.05, 0) is 6.07 Å². The summed E-state index contributed by atoms with van der Waals surface area (Å²) < 4.78 is 36.9. The monoisotopic (exact) mass is 305 g/mol. The van der Waals surface area contributed by atoms with Crippen LogP contribution in [0.4, 0.5) is 18.3 Å². The number of hydrogen-bond acceptors (Lipinski definition) is 4. The summed E-state index contributed by atoms with van der Waals surface area (Å²) in [5.74, 6) is 0. The number of alkyl halides is 3. The third-order valence-electron chi connectivity index (χ3n) is 2.06. The minimum absolute atomic E-state index is 0.0654. The Morgan fingerprint density at radius 2 is 2.05 bits per heavy atom. The summed E-state index contributed by atoms with van der Waals surface area (Å²) in [4.78, 5) is 3.37. The largest absolute Gasteiger partial charge is 0.434 e. The van der Waals surface area contributed by atoms with Crippen molar-refractivity contribution in [3.63, 3.8) is 0 Å². The number of nitrogens with one attached hydrogen (secondary N) is 1. The van der Waals surface area contributed by atoms with Crippen molar-refractivity contribution in [2.75, 3.05) is 5.43 Å². The number of nitrogens with zero attached hydrogens (tertiary/aromatic N) is 2. The summed E-state index contributed by atoms with van der Waals surface area (Å²) >= 11 is 6.72. The fraction of sp³-hybridized carbons (Fsp3) is 0.0909. The van der Waals surface area contributed by atoms with Gasteiger partial charge in [0.25, 0.3) is 0 Å². The number of benzene rings is 1. The highest BCUT2D eigenvalue weighted by atomic mass is 35.5. The number of rotatable bonds is 3. The minimum Gasteiger partial charge on any atom is -0.253 e. The molecule has 0 fully saturated rings. The number of hydrogen-bond donors (Lipinski definition) is 1. The van der Waals surface area contributed by atoms with Gasteiger partial charge in [-0.2, -0.15) is 18.3 Å². The molecule has 0 aliphatic rings. The van der Waals surface area contributed by atoms with Crippen LogP contribution in [-0.4, -0.2) is 11.2 Å². The van der Waals surface area contributed by atoms with Crippen molar-refractivity contribution < 1.29 is 13.2 Å². The lowest BCUT2D eigenvalue weighted by Crippen LogP contribution is -2.05. The Labute approximate surface area is 115 Å². The average Bonchev–Trinajstić information content (AvgIpc) is 2.80. The standard InChI is InChI=1S/C11H7ClF3N3S/c12-8-4-2-1-3-7(8)5-16-18-10-17-9(6-19-10)11(13,14)15/h1-6H,(H,17,18)/b16-5-. The molecule has 2 aromatic rings. The number of aromatic nitrogens is 1. The quantitative estimate of drug-likeness (QED) is 0.679.